The zero-order chi connectivity index (χ0) is 26.1. The molecule has 192 valence electrons. The molecule has 0 aliphatic carbocycles. The normalized spacial score (nSPS) is 13.0. The third-order valence-electron chi connectivity index (χ3n) is 5.38. The lowest BCUT2D eigenvalue weighted by Crippen LogP contribution is -2.48. The third-order valence-corrected chi connectivity index (χ3v) is 7.31. The minimum absolute atomic E-state index is 0.292. The molecule has 3 aromatic rings. The molecule has 1 heterocycles. The van der Waals surface area contributed by atoms with Crippen molar-refractivity contribution < 1.29 is 22.2 Å². The zero-order valence-corrected chi connectivity index (χ0v) is 22.0. The predicted octanol–water partition coefficient (Wildman–Crippen LogP) is 3.16. The summed E-state index contributed by atoms with van der Waals surface area (Å²) in [6.45, 7) is 3.40. The minimum atomic E-state index is -3.86. The molecule has 0 aliphatic heterocycles. The van der Waals surface area contributed by atoms with Gasteiger partial charge in [-0.1, -0.05) is 49.4 Å². The number of nitrogens with one attached hydrogen (secondary N) is 3. The van der Waals surface area contributed by atoms with E-state index in [1.807, 2.05) is 42.6 Å². The fraction of sp³-hybridized carbons (Fsp3) is 0.320. The Hall–Kier alpha value is -3.28. The largest absolute Gasteiger partial charge is 0.359 e. The first-order valence-electron chi connectivity index (χ1n) is 11.4. The lowest BCUT2D eigenvalue weighted by atomic mass is 10.0. The van der Waals surface area contributed by atoms with Crippen molar-refractivity contribution in [1.29, 1.82) is 0 Å². The molecule has 9 nitrogen and oxygen atoms in total. The fourth-order valence-electron chi connectivity index (χ4n) is 3.55. The number of nitrogens with zero attached hydrogens (tertiary/aromatic N) is 1. The van der Waals surface area contributed by atoms with E-state index in [-0.39, 0.29) is 11.8 Å². The molecule has 0 fully saturated rings. The van der Waals surface area contributed by atoms with Crippen LogP contribution >= 0.6 is 11.3 Å². The van der Waals surface area contributed by atoms with Crippen molar-refractivity contribution in [3.05, 3.63) is 81.8 Å². The van der Waals surface area contributed by atoms with Crippen LogP contribution in [0.25, 0.3) is 0 Å². The number of rotatable bonds is 12. The van der Waals surface area contributed by atoms with E-state index in [2.05, 4.69) is 24.5 Å². The van der Waals surface area contributed by atoms with Gasteiger partial charge in [0.1, 0.15) is 11.0 Å². The number of aryl methyl sites for hydroxylation is 1. The topological polar surface area (TPSA) is 126 Å². The molecular weight excluding hydrogens is 500 g/mol. The van der Waals surface area contributed by atoms with Gasteiger partial charge in [0.15, 0.2) is 0 Å². The Bertz CT molecular complexity index is 1260. The monoisotopic (exact) mass is 530 g/mol. The van der Waals surface area contributed by atoms with Crippen molar-refractivity contribution in [2.75, 3.05) is 11.8 Å². The molecule has 0 saturated heterocycles. The summed E-state index contributed by atoms with van der Waals surface area (Å²) in [6, 6.07) is 15.1. The second-order valence-electron chi connectivity index (χ2n) is 8.16. The predicted molar refractivity (Wildman–Crippen MR) is 140 cm³/mol. The summed E-state index contributed by atoms with van der Waals surface area (Å²) in [4.78, 5) is 29.8. The second-order valence-corrected chi connectivity index (χ2v) is 10.5. The Morgan fingerprint density at radius 3 is 2.25 bits per heavy atom. The molecule has 0 aliphatic rings. The molecule has 0 bridgehead atoms. The summed E-state index contributed by atoms with van der Waals surface area (Å²) in [5.41, 5.74) is 3.09. The van der Waals surface area contributed by atoms with Gasteiger partial charge in [0.2, 0.25) is 11.8 Å². The molecule has 3 N–H and O–H groups in total. The first-order valence-corrected chi connectivity index (χ1v) is 13.7. The lowest BCUT2D eigenvalue weighted by molar-refractivity contribution is -0.128. The standard InChI is InChI=1S/C25H30N4O5S2/c1-4-20-16-35-25(27-20)23(15-19-10-12-21(13-11-19)29-36(32,33)34-3)28-24(31)22(26-17(2)30)14-18-8-6-5-7-9-18/h5-13,16,22-23,29H,4,14-15H2,1-3H3,(H,26,30)(H,28,31)/t22-,23-/m0/s1. The molecule has 2 atom stereocenters. The molecule has 1 aromatic heterocycles. The van der Waals surface area contributed by atoms with Crippen molar-refractivity contribution >= 4 is 39.1 Å². The van der Waals surface area contributed by atoms with Crippen molar-refractivity contribution in [3.63, 3.8) is 0 Å². The number of carbonyl (C=O) groups is 2. The van der Waals surface area contributed by atoms with Gasteiger partial charge in [-0.15, -0.1) is 11.3 Å². The van der Waals surface area contributed by atoms with Gasteiger partial charge in [-0.3, -0.25) is 18.5 Å². The fourth-order valence-corrected chi connectivity index (χ4v) is 5.01. The van der Waals surface area contributed by atoms with E-state index in [0.717, 1.165) is 35.4 Å². The van der Waals surface area contributed by atoms with Crippen LogP contribution in [0.2, 0.25) is 0 Å². The van der Waals surface area contributed by atoms with Crippen molar-refractivity contribution in [2.24, 2.45) is 0 Å². The van der Waals surface area contributed by atoms with Gasteiger partial charge in [-0.25, -0.2) is 4.98 Å². The van der Waals surface area contributed by atoms with Gasteiger partial charge in [-0.2, -0.15) is 8.42 Å². The van der Waals surface area contributed by atoms with E-state index < -0.39 is 22.4 Å². The summed E-state index contributed by atoms with van der Waals surface area (Å²) in [6.07, 6.45) is 1.55. The van der Waals surface area contributed by atoms with Crippen molar-refractivity contribution in [3.8, 4) is 0 Å². The molecular formula is C25H30N4O5S2. The number of benzene rings is 2. The number of carbonyl (C=O) groups excluding carboxylic acids is 2. The highest BCUT2D eigenvalue weighted by atomic mass is 32.2. The van der Waals surface area contributed by atoms with Crippen LogP contribution in [0.3, 0.4) is 0 Å². The van der Waals surface area contributed by atoms with E-state index in [1.165, 1.54) is 18.3 Å². The minimum Gasteiger partial charge on any atom is -0.345 e. The number of anilines is 1. The third kappa shape index (κ3) is 8.14. The van der Waals surface area contributed by atoms with Gasteiger partial charge < -0.3 is 10.6 Å². The molecule has 3 rings (SSSR count). The number of hydrogen-bond acceptors (Lipinski definition) is 7. The number of aromatic nitrogens is 1. The number of thiazole rings is 1. The summed E-state index contributed by atoms with van der Waals surface area (Å²) in [7, 11) is -2.78. The van der Waals surface area contributed by atoms with Crippen molar-refractivity contribution in [1.82, 2.24) is 15.6 Å². The number of hydrogen-bond donors (Lipinski definition) is 3. The van der Waals surface area contributed by atoms with Crippen LogP contribution in [0.15, 0.2) is 60.0 Å². The maximum Gasteiger partial charge on any atom is 0.359 e. The molecule has 0 unspecified atom stereocenters. The molecule has 2 aromatic carbocycles. The summed E-state index contributed by atoms with van der Waals surface area (Å²) in [5.74, 6) is -0.601. The van der Waals surface area contributed by atoms with Crippen LogP contribution in [0.4, 0.5) is 5.69 Å². The Kier molecular flexibility index (Phi) is 9.57. The number of amides is 2. The Labute approximate surface area is 215 Å². The van der Waals surface area contributed by atoms with Gasteiger partial charge in [-0.05, 0) is 36.1 Å². The Morgan fingerprint density at radius 1 is 1.00 bits per heavy atom. The molecule has 0 saturated carbocycles. The van der Waals surface area contributed by atoms with Crippen LogP contribution in [0.1, 0.15) is 41.7 Å². The summed E-state index contributed by atoms with van der Waals surface area (Å²) < 4.78 is 30.0. The smallest absolute Gasteiger partial charge is 0.345 e. The van der Waals surface area contributed by atoms with Gasteiger partial charge >= 0.3 is 10.3 Å². The van der Waals surface area contributed by atoms with Crippen LogP contribution in [-0.4, -0.2) is 38.4 Å². The summed E-state index contributed by atoms with van der Waals surface area (Å²) >= 11 is 1.47. The van der Waals surface area contributed by atoms with Crippen LogP contribution < -0.4 is 15.4 Å². The highest BCUT2D eigenvalue weighted by Crippen LogP contribution is 2.24. The molecule has 11 heteroatoms. The first-order chi connectivity index (χ1) is 17.2. The van der Waals surface area contributed by atoms with Crippen molar-refractivity contribution in [2.45, 2.75) is 45.2 Å². The van der Waals surface area contributed by atoms with E-state index in [4.69, 9.17) is 0 Å². The average molecular weight is 531 g/mol. The maximum atomic E-state index is 13.3. The van der Waals surface area contributed by atoms with E-state index in [9.17, 15) is 18.0 Å². The lowest BCUT2D eigenvalue weighted by Gasteiger charge is -2.22. The van der Waals surface area contributed by atoms with Gasteiger partial charge in [0, 0.05) is 18.7 Å². The van der Waals surface area contributed by atoms with Gasteiger partial charge in [0.25, 0.3) is 0 Å². The Balaban J connectivity index is 1.81. The molecule has 2 amide bonds. The summed E-state index contributed by atoms with van der Waals surface area (Å²) in [5, 5.41) is 8.54. The quantitative estimate of drug-likeness (QED) is 0.330. The van der Waals surface area contributed by atoms with E-state index in [1.54, 1.807) is 24.3 Å². The first kappa shape index (κ1) is 27.3. The second kappa shape index (κ2) is 12.6. The highest BCUT2D eigenvalue weighted by molar-refractivity contribution is 7.88. The van der Waals surface area contributed by atoms with Crippen LogP contribution in [0.5, 0.6) is 0 Å². The Morgan fingerprint density at radius 2 is 1.67 bits per heavy atom. The van der Waals surface area contributed by atoms with E-state index in [0.29, 0.717) is 18.5 Å². The zero-order valence-electron chi connectivity index (χ0n) is 20.4. The molecule has 0 spiro atoms. The SMILES string of the molecule is CCc1csc([C@H](Cc2ccc(NS(=O)(=O)OC)cc2)NC(=O)[C@H](Cc2ccccc2)NC(C)=O)n1. The highest BCUT2D eigenvalue weighted by Gasteiger charge is 2.25. The molecule has 0 radical (unpaired) electrons. The maximum absolute atomic E-state index is 13.3. The van der Waals surface area contributed by atoms with Crippen LogP contribution in [-0.2, 0) is 43.3 Å². The molecule has 36 heavy (non-hydrogen) atoms. The van der Waals surface area contributed by atoms with Crippen LogP contribution in [0, 0.1) is 0 Å². The average Bonchev–Trinajstić information content (AvgIpc) is 3.34. The van der Waals surface area contributed by atoms with E-state index >= 15 is 0 Å². The van der Waals surface area contributed by atoms with Gasteiger partial charge in [0.05, 0.1) is 24.5 Å².